The molecule has 3 fully saturated rings. The normalized spacial score (nSPS) is 29.1. The number of phenols is 1. The molecular formula is C22H33F3N2OS2. The topological polar surface area (TPSA) is 26.7 Å². The maximum atomic E-state index is 14.6. The molecule has 0 radical (unpaired) electrons. The lowest BCUT2D eigenvalue weighted by molar-refractivity contribution is 0.00379. The van der Waals surface area contributed by atoms with E-state index in [1.165, 1.54) is 12.6 Å². The van der Waals surface area contributed by atoms with Crippen LogP contribution in [0.1, 0.15) is 58.8 Å². The Hall–Kier alpha value is -0.730. The molecule has 1 N–H and O–H groups in total. The fraction of sp³-hybridized carbons (Fsp3) is 0.727. The number of phenolic OH excluding ortho intramolecular Hbond substituents is 1. The number of hydrogen-bond acceptors (Lipinski definition) is 5. The summed E-state index contributed by atoms with van der Waals surface area (Å²) < 4.78 is 39.8. The summed E-state index contributed by atoms with van der Waals surface area (Å²) in [5.74, 6) is -2.10. The highest BCUT2D eigenvalue weighted by Gasteiger charge is 2.52. The Morgan fingerprint density at radius 3 is 2.20 bits per heavy atom. The lowest BCUT2D eigenvalue weighted by Crippen LogP contribution is -2.58. The number of fused-ring (bicyclic) bond motifs is 4. The largest absolute Gasteiger partial charge is 0.507 e. The molecule has 170 valence electrons. The predicted molar refractivity (Wildman–Crippen MR) is 121 cm³/mol. The minimum absolute atomic E-state index is 0.0625. The minimum Gasteiger partial charge on any atom is -0.507 e. The van der Waals surface area contributed by atoms with E-state index in [0.717, 1.165) is 49.1 Å². The van der Waals surface area contributed by atoms with Gasteiger partial charge in [0.1, 0.15) is 11.4 Å². The van der Waals surface area contributed by atoms with Crippen molar-refractivity contribution < 1.29 is 18.3 Å². The van der Waals surface area contributed by atoms with Gasteiger partial charge in [-0.2, -0.15) is 0 Å². The summed E-state index contributed by atoms with van der Waals surface area (Å²) >= 11 is 3.28. The van der Waals surface area contributed by atoms with Crippen LogP contribution in [-0.2, 0) is 0 Å². The number of rotatable bonds is 3. The van der Waals surface area contributed by atoms with Gasteiger partial charge in [-0.25, -0.2) is 17.5 Å². The second kappa shape index (κ2) is 9.02. The van der Waals surface area contributed by atoms with Gasteiger partial charge in [-0.05, 0) is 82.8 Å². The van der Waals surface area contributed by atoms with Crippen molar-refractivity contribution in [2.45, 2.75) is 85.7 Å². The highest BCUT2D eigenvalue weighted by Crippen LogP contribution is 2.54. The molecule has 5 rings (SSSR count). The minimum atomic E-state index is -2.46. The van der Waals surface area contributed by atoms with Crippen LogP contribution in [0.15, 0.2) is 21.9 Å². The molecule has 3 nitrogen and oxygen atoms in total. The Bertz CT molecular complexity index is 732. The molecule has 0 amide bonds. The summed E-state index contributed by atoms with van der Waals surface area (Å²) in [6, 6.07) is 4.05. The maximum Gasteiger partial charge on any atom is 0.245 e. The van der Waals surface area contributed by atoms with Crippen LogP contribution in [0.4, 0.5) is 18.9 Å². The lowest BCUT2D eigenvalue weighted by Gasteiger charge is -2.55. The second-order valence-corrected chi connectivity index (χ2v) is 11.0. The number of likely N-dealkylation sites (N-methyl/N-ethyl adjacent to an activating group) is 1. The van der Waals surface area contributed by atoms with E-state index in [9.17, 15) is 18.3 Å². The summed E-state index contributed by atoms with van der Waals surface area (Å²) in [5.41, 5.74) is 0.419. The Balaban J connectivity index is 0.000000377. The zero-order valence-corrected chi connectivity index (χ0v) is 19.9. The molecule has 0 aromatic heterocycles. The molecule has 0 atom stereocenters. The van der Waals surface area contributed by atoms with E-state index in [1.807, 2.05) is 12.3 Å². The molecule has 4 aliphatic rings. The van der Waals surface area contributed by atoms with Crippen molar-refractivity contribution in [1.82, 2.24) is 4.31 Å². The number of hydrogen-bond donors (Lipinski definition) is 1. The highest BCUT2D eigenvalue weighted by atomic mass is 32.2. The number of alkyl halides is 3. The van der Waals surface area contributed by atoms with Gasteiger partial charge in [0, 0.05) is 25.0 Å². The molecule has 1 aromatic rings. The number of thioether (sulfide) groups is 1. The first-order valence-electron chi connectivity index (χ1n) is 10.7. The third-order valence-corrected chi connectivity index (χ3v) is 8.54. The molecule has 0 unspecified atom stereocenters. The molecule has 1 heterocycles. The number of benzene rings is 1. The molecule has 8 heteroatoms. The Kier molecular flexibility index (Phi) is 7.20. The van der Waals surface area contributed by atoms with Crippen molar-refractivity contribution in [2.75, 3.05) is 31.3 Å². The monoisotopic (exact) mass is 462 g/mol. The van der Waals surface area contributed by atoms with Crippen molar-refractivity contribution in [3.63, 3.8) is 0 Å². The van der Waals surface area contributed by atoms with E-state index in [2.05, 4.69) is 22.3 Å². The van der Waals surface area contributed by atoms with Crippen LogP contribution < -0.4 is 4.90 Å². The molecule has 1 aliphatic heterocycles. The van der Waals surface area contributed by atoms with Crippen LogP contribution in [-0.4, -0.2) is 52.9 Å². The fourth-order valence-corrected chi connectivity index (χ4v) is 6.01. The van der Waals surface area contributed by atoms with Gasteiger partial charge in [0.25, 0.3) is 0 Å². The van der Waals surface area contributed by atoms with E-state index >= 15 is 0 Å². The average molecular weight is 463 g/mol. The Morgan fingerprint density at radius 2 is 1.70 bits per heavy atom. The van der Waals surface area contributed by atoms with Gasteiger partial charge in [-0.3, -0.25) is 0 Å². The highest BCUT2D eigenvalue weighted by molar-refractivity contribution is 7.98. The van der Waals surface area contributed by atoms with Crippen LogP contribution >= 0.6 is 23.7 Å². The van der Waals surface area contributed by atoms with Crippen LogP contribution in [0.5, 0.6) is 5.75 Å². The molecule has 0 saturated heterocycles. The van der Waals surface area contributed by atoms with Crippen LogP contribution in [0.2, 0.25) is 0 Å². The van der Waals surface area contributed by atoms with Crippen molar-refractivity contribution in [3.8, 4) is 5.75 Å². The van der Waals surface area contributed by atoms with Crippen molar-refractivity contribution in [1.29, 1.82) is 0 Å². The van der Waals surface area contributed by atoms with E-state index in [0.29, 0.717) is 25.0 Å². The molecule has 2 bridgehead atoms. The first kappa shape index (κ1) is 23.9. The number of nitrogens with zero attached hydrogens (tertiary/aromatic N) is 2. The summed E-state index contributed by atoms with van der Waals surface area (Å²) in [6.07, 6.45) is 6.90. The van der Waals surface area contributed by atoms with E-state index in [-0.39, 0.29) is 12.0 Å². The number of anilines is 1. The maximum absolute atomic E-state index is 14.6. The van der Waals surface area contributed by atoms with Gasteiger partial charge in [-0.15, -0.1) is 11.8 Å². The molecule has 30 heavy (non-hydrogen) atoms. The van der Waals surface area contributed by atoms with E-state index < -0.39 is 11.6 Å². The van der Waals surface area contributed by atoms with Gasteiger partial charge >= 0.3 is 0 Å². The van der Waals surface area contributed by atoms with Crippen LogP contribution in [0.25, 0.3) is 0 Å². The zero-order chi connectivity index (χ0) is 22.2. The van der Waals surface area contributed by atoms with Gasteiger partial charge in [-0.1, -0.05) is 6.92 Å². The summed E-state index contributed by atoms with van der Waals surface area (Å²) in [7, 11) is 2.10. The Morgan fingerprint density at radius 1 is 1.13 bits per heavy atom. The van der Waals surface area contributed by atoms with Crippen LogP contribution in [0, 0.1) is 0 Å². The first-order chi connectivity index (χ1) is 14.0. The third kappa shape index (κ3) is 5.18. The summed E-state index contributed by atoms with van der Waals surface area (Å²) in [4.78, 5) is 4.59. The van der Waals surface area contributed by atoms with Gasteiger partial charge in [0.05, 0.1) is 15.5 Å². The van der Waals surface area contributed by atoms with Gasteiger partial charge in [0.2, 0.25) is 5.92 Å². The SMILES string of the molecule is CCC(C)(F)F.CSc1cc2c(cc1O)SN(C)CCN2C12CCC(F)(CC1)CC2. The molecule has 0 spiro atoms. The van der Waals surface area contributed by atoms with Crippen molar-refractivity contribution in [2.24, 2.45) is 0 Å². The summed E-state index contributed by atoms with van der Waals surface area (Å²) in [5, 5.41) is 10.3. The quantitative estimate of drug-likeness (QED) is 0.396. The van der Waals surface area contributed by atoms with Crippen molar-refractivity contribution in [3.05, 3.63) is 12.1 Å². The van der Waals surface area contributed by atoms with E-state index in [1.54, 1.807) is 23.7 Å². The molecule has 1 aromatic carbocycles. The zero-order valence-electron chi connectivity index (χ0n) is 18.3. The predicted octanol–water partition coefficient (Wildman–Crippen LogP) is 6.74. The first-order valence-corrected chi connectivity index (χ1v) is 12.7. The third-order valence-electron chi connectivity index (χ3n) is 6.75. The standard InChI is InChI=1S/C18H25FN2OS2.C4H8F2/c1-20-9-10-21(18-6-3-17(19,4-7-18)5-8-18)13-11-16(23-2)14(22)12-15(13)24-20;1-3-4(2,5)6/h11-12,22H,3-10H2,1-2H3;3H2,1-2H3. The second-order valence-electron chi connectivity index (χ2n) is 8.89. The molecular weight excluding hydrogens is 429 g/mol. The van der Waals surface area contributed by atoms with Gasteiger partial charge < -0.3 is 10.0 Å². The Labute approximate surface area is 186 Å². The number of aromatic hydroxyl groups is 1. The van der Waals surface area contributed by atoms with Gasteiger partial charge in [0.15, 0.2) is 0 Å². The molecule has 3 saturated carbocycles. The van der Waals surface area contributed by atoms with E-state index in [4.69, 9.17) is 0 Å². The molecule has 3 aliphatic carbocycles. The lowest BCUT2D eigenvalue weighted by atomic mass is 9.63. The fourth-order valence-electron chi connectivity index (χ4n) is 4.58. The summed E-state index contributed by atoms with van der Waals surface area (Å²) in [6.45, 7) is 4.30. The van der Waals surface area contributed by atoms with Crippen LogP contribution in [0.3, 0.4) is 0 Å². The smallest absolute Gasteiger partial charge is 0.245 e. The average Bonchev–Trinajstić information content (AvgIpc) is 2.86. The number of halogens is 3. The van der Waals surface area contributed by atoms with Crippen molar-refractivity contribution >= 4 is 29.4 Å².